The van der Waals surface area contributed by atoms with Crippen LogP contribution in [0.5, 0.6) is 0 Å². The zero-order valence-electron chi connectivity index (χ0n) is 34.4. The Hall–Kier alpha value is -3.31. The van der Waals surface area contributed by atoms with Crippen molar-refractivity contribution in [2.45, 2.75) is 51.3 Å². The molecule has 0 saturated heterocycles. The minimum absolute atomic E-state index is 0. The molecule has 306 valence electrons. The summed E-state index contributed by atoms with van der Waals surface area (Å²) in [4.78, 5) is 2.38. The molecule has 4 aromatic rings. The predicted octanol–water partition coefficient (Wildman–Crippen LogP) is -1.19. The van der Waals surface area contributed by atoms with Crippen LogP contribution in [0.1, 0.15) is 33.4 Å². The van der Waals surface area contributed by atoms with Crippen molar-refractivity contribution in [1.29, 1.82) is 0 Å². The molecule has 1 aliphatic heterocycles. The second-order valence-electron chi connectivity index (χ2n) is 14.0. The summed E-state index contributed by atoms with van der Waals surface area (Å²) in [7, 11) is -17.3. The van der Waals surface area contributed by atoms with Crippen LogP contribution >= 0.6 is 0 Å². The number of rotatable bonds is 10. The molecular weight excluding hydrogens is 875 g/mol. The summed E-state index contributed by atoms with van der Waals surface area (Å²) in [6.07, 6.45) is 1.95. The molecule has 0 atom stereocenters. The third-order valence-electron chi connectivity index (χ3n) is 9.58. The Morgan fingerprint density at radius 3 is 1.88 bits per heavy atom. The van der Waals surface area contributed by atoms with E-state index in [1.807, 2.05) is 6.92 Å². The van der Waals surface area contributed by atoms with Crippen LogP contribution in [0.25, 0.3) is 33.4 Å². The third-order valence-corrected chi connectivity index (χ3v) is 12.7. The third kappa shape index (κ3) is 10.3. The molecule has 1 heterocycles. The monoisotopic (exact) mass is 913 g/mol. The van der Waals surface area contributed by atoms with E-state index in [0.717, 1.165) is 12.5 Å². The maximum atomic E-state index is 12.7. The fourth-order valence-electron chi connectivity index (χ4n) is 7.24. The number of aryl methyl sites for hydroxylation is 2. The van der Waals surface area contributed by atoms with Gasteiger partial charge in [-0.2, -0.15) is 14.5 Å². The van der Waals surface area contributed by atoms with E-state index in [4.69, 9.17) is 4.42 Å². The van der Waals surface area contributed by atoms with Crippen molar-refractivity contribution in [3.8, 4) is 22.5 Å². The van der Waals surface area contributed by atoms with Crippen molar-refractivity contribution in [3.05, 3.63) is 105 Å². The van der Waals surface area contributed by atoms with Crippen molar-refractivity contribution >= 4 is 79.7 Å². The Labute approximate surface area is 393 Å². The molecule has 5 N–H and O–H groups in total. The molecule has 2 aliphatic rings. The number of fused-ring (bicyclic) bond motifs is 2. The van der Waals surface area contributed by atoms with Crippen molar-refractivity contribution < 1.29 is 111 Å². The average Bonchev–Trinajstić information content (AvgIpc) is 3.09. The molecule has 4 aromatic carbocycles. The van der Waals surface area contributed by atoms with Crippen molar-refractivity contribution in [2.24, 2.45) is 0 Å². The topological polar surface area (TPSA) is 243 Å². The molecular formula is C39H39N4Na2O11S4+. The van der Waals surface area contributed by atoms with Gasteiger partial charge in [-0.25, -0.2) is 25.3 Å². The number of hydrogen-bond acceptors (Lipinski definition) is 11. The van der Waals surface area contributed by atoms with Gasteiger partial charge in [-0.3, -0.25) is 14.3 Å². The van der Waals surface area contributed by atoms with E-state index >= 15 is 0 Å². The first-order valence-corrected chi connectivity index (χ1v) is 23.9. The van der Waals surface area contributed by atoms with Gasteiger partial charge in [0.1, 0.15) is 32.0 Å². The van der Waals surface area contributed by atoms with Gasteiger partial charge in [0.05, 0.1) is 29.2 Å². The second-order valence-corrected chi connectivity index (χ2v) is 20.2. The summed E-state index contributed by atoms with van der Waals surface area (Å²) < 4.78 is 133. The van der Waals surface area contributed by atoms with E-state index in [0.29, 0.717) is 61.2 Å². The molecule has 1 aliphatic carbocycles. The van der Waals surface area contributed by atoms with Crippen LogP contribution in [0.15, 0.2) is 74.9 Å². The predicted molar refractivity (Wildman–Crippen MR) is 220 cm³/mol. The standard InChI is InChI=1S/C39H39N4O11S4.2Na/c1-20-17-21(2)36(42-55(7,44)45)22(3)35(20)40-26-13-15-28-31(18-26)54-32-19-27(14-16-29(32)34(28)30-11-9-10-12-33(30)57(48,49)50)41-37-23(4)38(43-56(8,46)47)25(6)39(24(37)5)58(51,52)53;;/h9-16,18-19,41-43H,1-8H3,(H,48,49,50)(H,51,52,53);;/q-1;2*+1. The average molecular weight is 914 g/mol. The number of hydrogen-bond donors (Lipinski definition) is 5. The smallest absolute Gasteiger partial charge is 0.744 e. The Morgan fingerprint density at radius 1 is 0.683 bits per heavy atom. The minimum atomic E-state index is -5.08. The molecule has 6 rings (SSSR count). The summed E-state index contributed by atoms with van der Waals surface area (Å²) >= 11 is 0. The number of benzene rings is 5. The van der Waals surface area contributed by atoms with Gasteiger partial charge < -0.3 is 19.0 Å². The summed E-state index contributed by atoms with van der Waals surface area (Å²) in [5.41, 5.74) is 4.75. The molecule has 0 aromatic heterocycles. The quantitative estimate of drug-likeness (QED) is 0.0472. The number of nitrogens with one attached hydrogen (secondary N) is 4. The molecule has 0 bridgehead atoms. The van der Waals surface area contributed by atoms with Crippen LogP contribution in [0.4, 0.5) is 28.4 Å². The van der Waals surface area contributed by atoms with Gasteiger partial charge in [-0.15, -0.1) is 5.56 Å². The van der Waals surface area contributed by atoms with E-state index in [2.05, 4.69) is 25.8 Å². The SMILES string of the molecule is Cc1[c-]c(C)c([NH+]=c2ccc3c(-c4ccccc4S(=O)(=O)O)c4ccc(Nc5c(C)c(NS(C)(=O)=O)c(C)c(S(=O)(=O)[O-])c5C)cc4oc-3c2)c(C)c1NS(C)(=O)=O.[Na+].[Na+]. The Bertz CT molecular complexity index is 3230. The maximum Gasteiger partial charge on any atom is 1.00 e. The summed E-state index contributed by atoms with van der Waals surface area (Å²) in [5, 5.41) is 4.06. The van der Waals surface area contributed by atoms with Gasteiger partial charge >= 0.3 is 59.1 Å². The normalized spacial score (nSPS) is 12.5. The first-order chi connectivity index (χ1) is 26.7. The molecule has 0 saturated carbocycles. The van der Waals surface area contributed by atoms with Gasteiger partial charge in [0.15, 0.2) is 5.36 Å². The minimum Gasteiger partial charge on any atom is -0.744 e. The first-order valence-electron chi connectivity index (χ1n) is 17.3. The van der Waals surface area contributed by atoms with E-state index in [1.54, 1.807) is 69.3 Å². The molecule has 0 fully saturated rings. The molecule has 0 radical (unpaired) electrons. The molecule has 0 unspecified atom stereocenters. The van der Waals surface area contributed by atoms with Gasteiger partial charge in [0.25, 0.3) is 10.1 Å². The van der Waals surface area contributed by atoms with Crippen LogP contribution in [0.3, 0.4) is 0 Å². The largest absolute Gasteiger partial charge is 1.00 e. The van der Waals surface area contributed by atoms with Crippen LogP contribution < -0.4 is 84.2 Å². The van der Waals surface area contributed by atoms with E-state index in [-0.39, 0.29) is 103 Å². The summed E-state index contributed by atoms with van der Waals surface area (Å²) in [6, 6.07) is 19.0. The fourth-order valence-corrected chi connectivity index (χ4v) is 10.2. The molecule has 0 spiro atoms. The Morgan fingerprint density at radius 2 is 1.28 bits per heavy atom. The van der Waals surface area contributed by atoms with E-state index in [9.17, 15) is 42.8 Å². The summed E-state index contributed by atoms with van der Waals surface area (Å²) in [6.45, 7) is 9.63. The molecule has 21 heteroatoms. The van der Waals surface area contributed by atoms with Gasteiger partial charge in [-0.05, 0) is 67.4 Å². The first kappa shape index (κ1) is 49.3. The Kier molecular flexibility index (Phi) is 14.7. The van der Waals surface area contributed by atoms with E-state index in [1.165, 1.54) is 26.0 Å². The maximum absolute atomic E-state index is 12.7. The zero-order valence-corrected chi connectivity index (χ0v) is 41.7. The molecule has 15 nitrogen and oxygen atoms in total. The Balaban J connectivity index is 0.00000397. The van der Waals surface area contributed by atoms with Gasteiger partial charge in [0, 0.05) is 45.6 Å². The zero-order chi connectivity index (χ0) is 42.9. The van der Waals surface area contributed by atoms with Crippen molar-refractivity contribution in [2.75, 3.05) is 27.3 Å². The van der Waals surface area contributed by atoms with Crippen LogP contribution in [0.2, 0.25) is 0 Å². The fraction of sp³-hybridized carbons (Fsp3) is 0.205. The summed E-state index contributed by atoms with van der Waals surface area (Å²) in [5.74, 6) is 0.262. The van der Waals surface area contributed by atoms with Crippen molar-refractivity contribution in [1.82, 2.24) is 0 Å². The molecule has 60 heavy (non-hydrogen) atoms. The number of sulfonamides is 2. The van der Waals surface area contributed by atoms with Gasteiger partial charge in [-0.1, -0.05) is 50.1 Å². The van der Waals surface area contributed by atoms with E-state index < -0.39 is 45.2 Å². The molecule has 0 amide bonds. The van der Waals surface area contributed by atoms with Crippen LogP contribution in [0, 0.1) is 47.6 Å². The van der Waals surface area contributed by atoms with Gasteiger partial charge in [0.2, 0.25) is 20.0 Å². The van der Waals surface area contributed by atoms with Crippen molar-refractivity contribution in [3.63, 3.8) is 0 Å². The number of anilines is 4. The van der Waals surface area contributed by atoms with Crippen LogP contribution in [-0.2, 0) is 40.3 Å². The second kappa shape index (κ2) is 17.8. The van der Waals surface area contributed by atoms with Crippen LogP contribution in [-0.4, -0.2) is 55.3 Å².